The first-order valence-corrected chi connectivity index (χ1v) is 4.88. The summed E-state index contributed by atoms with van der Waals surface area (Å²) in [6.07, 6.45) is 1.59. The van der Waals surface area contributed by atoms with Gasteiger partial charge >= 0.3 is 0 Å². The van der Waals surface area contributed by atoms with Crippen molar-refractivity contribution in [2.24, 2.45) is 11.8 Å². The minimum atomic E-state index is -0.299. The van der Waals surface area contributed by atoms with Crippen molar-refractivity contribution in [3.8, 4) is 0 Å². The molecule has 2 aliphatic rings. The van der Waals surface area contributed by atoms with E-state index < -0.39 is 0 Å². The summed E-state index contributed by atoms with van der Waals surface area (Å²) in [5, 5.41) is 0. The smallest absolute Gasteiger partial charge is 0.138 e. The Hall–Kier alpha value is -0.410. The van der Waals surface area contributed by atoms with Crippen LogP contribution in [-0.4, -0.2) is 17.5 Å². The molecule has 1 saturated carbocycles. The van der Waals surface area contributed by atoms with E-state index in [1.807, 2.05) is 20.8 Å². The molecule has 1 aliphatic heterocycles. The number of fused-ring (bicyclic) bond motifs is 2. The Morgan fingerprint density at radius 2 is 2.15 bits per heavy atom. The van der Waals surface area contributed by atoms with Crippen LogP contribution in [0.5, 0.6) is 0 Å². The van der Waals surface area contributed by atoms with Crippen molar-refractivity contribution in [3.05, 3.63) is 0 Å². The molecule has 2 rings (SSSR count). The highest BCUT2D eigenvalue weighted by atomic mass is 17.2. The Kier molecular flexibility index (Phi) is 1.96. The zero-order valence-electron chi connectivity index (χ0n) is 8.37. The molecule has 0 aromatic rings. The summed E-state index contributed by atoms with van der Waals surface area (Å²) in [4.78, 5) is 22.1. The Balaban J connectivity index is 2.19. The maximum absolute atomic E-state index is 11.6. The Morgan fingerprint density at radius 3 is 2.85 bits per heavy atom. The summed E-state index contributed by atoms with van der Waals surface area (Å²) in [5.41, 5.74) is -0.299. The third-order valence-electron chi connectivity index (χ3n) is 3.40. The highest BCUT2D eigenvalue weighted by Crippen LogP contribution is 2.41. The number of carbonyl (C=O) groups is 1. The van der Waals surface area contributed by atoms with Gasteiger partial charge in [0.25, 0.3) is 0 Å². The Morgan fingerprint density at radius 1 is 1.46 bits per heavy atom. The van der Waals surface area contributed by atoms with Crippen LogP contribution in [0.15, 0.2) is 0 Å². The lowest BCUT2D eigenvalue weighted by molar-refractivity contribution is -0.423. The third kappa shape index (κ3) is 1.40. The van der Waals surface area contributed by atoms with E-state index in [0.29, 0.717) is 18.1 Å². The highest BCUT2D eigenvalue weighted by Gasteiger charge is 2.47. The molecule has 2 bridgehead atoms. The molecule has 3 nitrogen and oxygen atoms in total. The zero-order chi connectivity index (χ0) is 9.64. The first-order valence-electron chi connectivity index (χ1n) is 4.88. The molecule has 74 valence electrons. The van der Waals surface area contributed by atoms with Crippen molar-refractivity contribution in [3.63, 3.8) is 0 Å². The summed E-state index contributed by atoms with van der Waals surface area (Å²) in [5.74, 6) is 0.653. The van der Waals surface area contributed by atoms with Gasteiger partial charge in [-0.25, -0.2) is 9.78 Å². The van der Waals surface area contributed by atoms with Gasteiger partial charge in [-0.2, -0.15) is 0 Å². The zero-order valence-corrected chi connectivity index (χ0v) is 8.37. The molecule has 1 aliphatic carbocycles. The van der Waals surface area contributed by atoms with E-state index >= 15 is 0 Å². The van der Waals surface area contributed by atoms with Gasteiger partial charge < -0.3 is 0 Å². The van der Waals surface area contributed by atoms with Gasteiger partial charge in [0.05, 0.1) is 0 Å². The molecule has 0 unspecified atom stereocenters. The normalized spacial score (nSPS) is 43.3. The van der Waals surface area contributed by atoms with Crippen molar-refractivity contribution in [1.82, 2.24) is 0 Å². The van der Waals surface area contributed by atoms with Gasteiger partial charge in [0.1, 0.15) is 17.5 Å². The second kappa shape index (κ2) is 2.79. The fraction of sp³-hybridized carbons (Fsp3) is 0.900. The van der Waals surface area contributed by atoms with Crippen LogP contribution in [0, 0.1) is 11.8 Å². The van der Waals surface area contributed by atoms with Gasteiger partial charge in [-0.05, 0) is 20.3 Å². The molecule has 0 spiro atoms. The van der Waals surface area contributed by atoms with Crippen LogP contribution < -0.4 is 0 Å². The molecule has 1 saturated heterocycles. The van der Waals surface area contributed by atoms with Crippen molar-refractivity contribution in [1.29, 1.82) is 0 Å². The maximum Gasteiger partial charge on any atom is 0.138 e. The number of hydrogen-bond acceptors (Lipinski definition) is 3. The van der Waals surface area contributed by atoms with Crippen molar-refractivity contribution in [2.75, 3.05) is 0 Å². The predicted octanol–water partition coefficient (Wildman–Crippen LogP) is 1.71. The maximum atomic E-state index is 11.6. The quantitative estimate of drug-likeness (QED) is 0.538. The number of Topliss-reactive ketones (excluding diaryl/α,β-unsaturated/α-hetero) is 1. The predicted molar refractivity (Wildman–Crippen MR) is 46.9 cm³/mol. The van der Waals surface area contributed by atoms with Crippen molar-refractivity contribution >= 4 is 5.78 Å². The third-order valence-corrected chi connectivity index (χ3v) is 3.40. The Labute approximate surface area is 78.3 Å². The topological polar surface area (TPSA) is 35.5 Å². The van der Waals surface area contributed by atoms with Crippen LogP contribution in [0.3, 0.4) is 0 Å². The fourth-order valence-corrected chi connectivity index (χ4v) is 2.11. The number of rotatable bonds is 0. The SMILES string of the molecule is C[C@H]1C(=O)C[C@@H]2C[C@H]1OOC2(C)C. The molecule has 0 radical (unpaired) electrons. The summed E-state index contributed by atoms with van der Waals surface area (Å²) >= 11 is 0. The fourth-order valence-electron chi connectivity index (χ4n) is 2.11. The molecule has 0 aromatic heterocycles. The number of hydrogen-bond donors (Lipinski definition) is 0. The lowest BCUT2D eigenvalue weighted by Crippen LogP contribution is -2.51. The van der Waals surface area contributed by atoms with Crippen LogP contribution in [-0.2, 0) is 14.6 Å². The standard InChI is InChI=1S/C10H16O3/c1-6-8(11)4-7-5-9(6)12-13-10(7,2)3/h6-7,9H,4-5H2,1-3H3/t6-,7+,9+/m0/s1. The molecular weight excluding hydrogens is 168 g/mol. The van der Waals surface area contributed by atoms with E-state index in [9.17, 15) is 4.79 Å². The molecule has 3 heteroatoms. The van der Waals surface area contributed by atoms with E-state index in [1.165, 1.54) is 0 Å². The largest absolute Gasteiger partial charge is 0.299 e. The monoisotopic (exact) mass is 184 g/mol. The molecule has 0 aromatic carbocycles. The minimum absolute atomic E-state index is 0.00681. The highest BCUT2D eigenvalue weighted by molar-refractivity contribution is 5.82. The molecule has 13 heavy (non-hydrogen) atoms. The van der Waals surface area contributed by atoms with Gasteiger partial charge in [-0.15, -0.1) is 0 Å². The van der Waals surface area contributed by atoms with E-state index in [-0.39, 0.29) is 17.6 Å². The van der Waals surface area contributed by atoms with Crippen LogP contribution in [0.4, 0.5) is 0 Å². The average molecular weight is 184 g/mol. The summed E-state index contributed by atoms with van der Waals surface area (Å²) < 4.78 is 0. The van der Waals surface area contributed by atoms with E-state index in [0.717, 1.165) is 6.42 Å². The van der Waals surface area contributed by atoms with Gasteiger partial charge in [0, 0.05) is 18.3 Å². The van der Waals surface area contributed by atoms with Gasteiger partial charge in [-0.3, -0.25) is 4.79 Å². The molecule has 0 amide bonds. The first kappa shape index (κ1) is 9.16. The van der Waals surface area contributed by atoms with E-state index in [1.54, 1.807) is 0 Å². The van der Waals surface area contributed by atoms with Crippen LogP contribution in [0.1, 0.15) is 33.6 Å². The molecule has 1 heterocycles. The first-order chi connectivity index (χ1) is 6.00. The summed E-state index contributed by atoms with van der Waals surface area (Å²) in [7, 11) is 0. The lowest BCUT2D eigenvalue weighted by Gasteiger charge is -2.45. The molecular formula is C10H16O3. The molecule has 2 fully saturated rings. The summed E-state index contributed by atoms with van der Waals surface area (Å²) in [6.45, 7) is 5.89. The molecule has 3 atom stereocenters. The van der Waals surface area contributed by atoms with Gasteiger partial charge in [0.2, 0.25) is 0 Å². The van der Waals surface area contributed by atoms with Crippen LogP contribution >= 0.6 is 0 Å². The second-order valence-electron chi connectivity index (χ2n) is 4.71. The van der Waals surface area contributed by atoms with E-state index in [4.69, 9.17) is 9.78 Å². The van der Waals surface area contributed by atoms with Crippen molar-refractivity contribution in [2.45, 2.75) is 45.3 Å². The lowest BCUT2D eigenvalue weighted by atomic mass is 9.72. The van der Waals surface area contributed by atoms with Crippen molar-refractivity contribution < 1.29 is 14.6 Å². The van der Waals surface area contributed by atoms with Gasteiger partial charge in [-0.1, -0.05) is 6.92 Å². The van der Waals surface area contributed by atoms with Crippen LogP contribution in [0.2, 0.25) is 0 Å². The second-order valence-corrected chi connectivity index (χ2v) is 4.71. The average Bonchev–Trinajstić information content (AvgIpc) is 2.06. The van der Waals surface area contributed by atoms with E-state index in [2.05, 4.69) is 0 Å². The molecule has 0 N–H and O–H groups in total. The number of ketones is 1. The van der Waals surface area contributed by atoms with Gasteiger partial charge in [0.15, 0.2) is 0 Å². The Bertz CT molecular complexity index is 234. The van der Waals surface area contributed by atoms with Crippen LogP contribution in [0.25, 0.3) is 0 Å². The minimum Gasteiger partial charge on any atom is -0.299 e. The number of carbonyl (C=O) groups excluding carboxylic acids is 1. The summed E-state index contributed by atoms with van der Waals surface area (Å²) in [6, 6.07) is 0.